The zero-order chi connectivity index (χ0) is 19.5. The van der Waals surface area contributed by atoms with Crippen LogP contribution >= 0.6 is 0 Å². The molecule has 1 aliphatic heterocycles. The van der Waals surface area contributed by atoms with Crippen molar-refractivity contribution in [2.45, 2.75) is 25.3 Å². The molecule has 0 saturated carbocycles. The van der Waals surface area contributed by atoms with Crippen molar-refractivity contribution in [2.75, 3.05) is 18.8 Å². The zero-order valence-corrected chi connectivity index (χ0v) is 15.5. The van der Waals surface area contributed by atoms with Crippen molar-refractivity contribution in [3.05, 3.63) is 77.6 Å². The normalized spacial score (nSPS) is 17.1. The van der Waals surface area contributed by atoms with E-state index < -0.39 is 0 Å². The highest BCUT2D eigenvalue weighted by atomic mass is 19.1. The van der Waals surface area contributed by atoms with E-state index in [1.54, 1.807) is 12.3 Å². The van der Waals surface area contributed by atoms with Crippen molar-refractivity contribution in [1.29, 1.82) is 0 Å². The van der Waals surface area contributed by atoms with Crippen molar-refractivity contribution in [3.63, 3.8) is 0 Å². The van der Waals surface area contributed by atoms with Crippen molar-refractivity contribution in [3.8, 4) is 11.1 Å². The van der Waals surface area contributed by atoms with Gasteiger partial charge in [-0.1, -0.05) is 24.3 Å². The molecule has 144 valence electrons. The van der Waals surface area contributed by atoms with Gasteiger partial charge in [0.25, 0.3) is 0 Å². The number of benzene rings is 2. The summed E-state index contributed by atoms with van der Waals surface area (Å²) in [5, 5.41) is 0. The molecule has 1 saturated heterocycles. The van der Waals surface area contributed by atoms with Crippen molar-refractivity contribution < 1.29 is 8.78 Å². The number of aromatic nitrogens is 2. The van der Waals surface area contributed by atoms with Gasteiger partial charge in [0.2, 0.25) is 5.95 Å². The van der Waals surface area contributed by atoms with Crippen molar-refractivity contribution >= 4 is 5.95 Å². The third-order valence-corrected chi connectivity index (χ3v) is 5.25. The van der Waals surface area contributed by atoms with E-state index >= 15 is 0 Å². The first-order valence-electron chi connectivity index (χ1n) is 9.47. The molecular formula is C22H22F2N4. The number of rotatable bonds is 5. The van der Waals surface area contributed by atoms with Crippen LogP contribution in [0.2, 0.25) is 0 Å². The van der Waals surface area contributed by atoms with Crippen LogP contribution in [-0.4, -0.2) is 28.0 Å². The molecule has 1 atom stereocenters. The maximum atomic E-state index is 13.8. The van der Waals surface area contributed by atoms with E-state index in [0.717, 1.165) is 54.7 Å². The Kier molecular flexibility index (Phi) is 5.30. The molecule has 1 fully saturated rings. The fraction of sp³-hybridized carbons (Fsp3) is 0.273. The lowest BCUT2D eigenvalue weighted by Gasteiger charge is -2.26. The fourth-order valence-corrected chi connectivity index (χ4v) is 3.87. The van der Waals surface area contributed by atoms with Crippen LogP contribution in [0, 0.1) is 11.6 Å². The quantitative estimate of drug-likeness (QED) is 0.714. The summed E-state index contributed by atoms with van der Waals surface area (Å²) < 4.78 is 26.9. The standard InChI is InChI=1S/C22H22F2N4/c23-17-8-6-15(7-9-17)10-12-28-11-2-5-20(28)21-19(14-26-22(25)27-21)16-3-1-4-18(24)13-16/h1,3-4,6-9,13-14,20H,2,5,10-12H2,(H2,25,26,27). The largest absolute Gasteiger partial charge is 0.368 e. The maximum Gasteiger partial charge on any atom is 0.220 e. The van der Waals surface area contributed by atoms with Gasteiger partial charge in [0.05, 0.1) is 11.7 Å². The van der Waals surface area contributed by atoms with Gasteiger partial charge in [-0.2, -0.15) is 0 Å². The number of hydrogen-bond donors (Lipinski definition) is 1. The summed E-state index contributed by atoms with van der Waals surface area (Å²) >= 11 is 0. The minimum Gasteiger partial charge on any atom is -0.368 e. The van der Waals surface area contributed by atoms with Crippen molar-refractivity contribution in [2.24, 2.45) is 0 Å². The van der Waals surface area contributed by atoms with Crippen molar-refractivity contribution in [1.82, 2.24) is 14.9 Å². The molecule has 0 aliphatic carbocycles. The molecule has 1 unspecified atom stereocenters. The minimum atomic E-state index is -0.292. The Hall–Kier alpha value is -2.86. The van der Waals surface area contributed by atoms with Crippen LogP contribution < -0.4 is 5.73 Å². The molecule has 3 aromatic rings. The summed E-state index contributed by atoms with van der Waals surface area (Å²) in [4.78, 5) is 11.0. The van der Waals surface area contributed by atoms with Gasteiger partial charge < -0.3 is 5.73 Å². The fourth-order valence-electron chi connectivity index (χ4n) is 3.87. The van der Waals surface area contributed by atoms with Crippen LogP contribution in [0.15, 0.2) is 54.7 Å². The molecule has 0 amide bonds. The van der Waals surface area contributed by atoms with Crippen LogP contribution in [0.4, 0.5) is 14.7 Å². The zero-order valence-electron chi connectivity index (χ0n) is 15.5. The highest BCUT2D eigenvalue weighted by Crippen LogP contribution is 2.36. The first kappa shape index (κ1) is 18.5. The monoisotopic (exact) mass is 380 g/mol. The second-order valence-electron chi connectivity index (χ2n) is 7.11. The molecule has 2 aromatic carbocycles. The number of anilines is 1. The van der Waals surface area contributed by atoms with Crippen LogP contribution in [-0.2, 0) is 6.42 Å². The predicted octanol–water partition coefficient (Wildman–Crippen LogP) is 4.38. The lowest BCUT2D eigenvalue weighted by atomic mass is 9.99. The molecule has 2 heterocycles. The highest BCUT2D eigenvalue weighted by Gasteiger charge is 2.29. The lowest BCUT2D eigenvalue weighted by Crippen LogP contribution is -2.27. The maximum absolute atomic E-state index is 13.8. The van der Waals surface area contributed by atoms with E-state index in [-0.39, 0.29) is 23.6 Å². The topological polar surface area (TPSA) is 55.0 Å². The van der Waals surface area contributed by atoms with Gasteiger partial charge in [-0.15, -0.1) is 0 Å². The Balaban J connectivity index is 1.60. The predicted molar refractivity (Wildman–Crippen MR) is 105 cm³/mol. The number of hydrogen-bond acceptors (Lipinski definition) is 4. The number of nitrogens with zero attached hydrogens (tertiary/aromatic N) is 3. The van der Waals surface area contributed by atoms with E-state index in [1.807, 2.05) is 18.2 Å². The van der Waals surface area contributed by atoms with Gasteiger partial charge in [-0.05, 0) is 61.2 Å². The van der Waals surface area contributed by atoms with Crippen LogP contribution in [0.3, 0.4) is 0 Å². The smallest absolute Gasteiger partial charge is 0.220 e. The molecule has 6 heteroatoms. The Morgan fingerprint density at radius 1 is 1.07 bits per heavy atom. The molecule has 0 bridgehead atoms. The van der Waals surface area contributed by atoms with Crippen LogP contribution in [0.5, 0.6) is 0 Å². The van der Waals surface area contributed by atoms with E-state index in [1.165, 1.54) is 24.3 Å². The summed E-state index contributed by atoms with van der Waals surface area (Å²) in [5.74, 6) is -0.292. The molecule has 28 heavy (non-hydrogen) atoms. The van der Waals surface area contributed by atoms with Gasteiger partial charge in [0.1, 0.15) is 11.6 Å². The highest BCUT2D eigenvalue weighted by molar-refractivity contribution is 5.66. The molecule has 1 aliphatic rings. The summed E-state index contributed by atoms with van der Waals surface area (Å²) in [6.07, 6.45) is 4.53. The van der Waals surface area contributed by atoms with E-state index in [2.05, 4.69) is 14.9 Å². The SMILES string of the molecule is Nc1ncc(-c2cccc(F)c2)c(C2CCCN2CCc2ccc(F)cc2)n1. The number of nitrogen functional groups attached to an aromatic ring is 1. The molecule has 4 nitrogen and oxygen atoms in total. The molecule has 4 rings (SSSR count). The molecule has 1 aromatic heterocycles. The Morgan fingerprint density at radius 3 is 2.68 bits per heavy atom. The summed E-state index contributed by atoms with van der Waals surface area (Å²) in [6.45, 7) is 1.79. The number of nitrogens with two attached hydrogens (primary N) is 1. The molecule has 0 radical (unpaired) electrons. The van der Waals surface area contributed by atoms with Gasteiger partial charge in [0, 0.05) is 18.3 Å². The molecule has 2 N–H and O–H groups in total. The first-order chi connectivity index (χ1) is 13.6. The number of halogens is 2. The lowest BCUT2D eigenvalue weighted by molar-refractivity contribution is 0.257. The van der Waals surface area contributed by atoms with Gasteiger partial charge >= 0.3 is 0 Å². The summed E-state index contributed by atoms with van der Waals surface area (Å²) in [5.41, 5.74) is 9.38. The van der Waals surface area contributed by atoms with Crippen LogP contribution in [0.25, 0.3) is 11.1 Å². The van der Waals surface area contributed by atoms with Gasteiger partial charge in [0.15, 0.2) is 0 Å². The van der Waals surface area contributed by atoms with Gasteiger partial charge in [-0.25, -0.2) is 18.7 Å². The Bertz CT molecular complexity index is 959. The van der Waals surface area contributed by atoms with Crippen LogP contribution in [0.1, 0.15) is 30.1 Å². The molecular weight excluding hydrogens is 358 g/mol. The third-order valence-electron chi connectivity index (χ3n) is 5.25. The second-order valence-corrected chi connectivity index (χ2v) is 7.11. The third kappa shape index (κ3) is 4.02. The second kappa shape index (κ2) is 8.02. The number of likely N-dealkylation sites (tertiary alicyclic amines) is 1. The average Bonchev–Trinajstić information content (AvgIpc) is 3.16. The summed E-state index contributed by atoms with van der Waals surface area (Å²) in [6, 6.07) is 13.2. The molecule has 0 spiro atoms. The van der Waals surface area contributed by atoms with Gasteiger partial charge in [-0.3, -0.25) is 4.90 Å². The summed E-state index contributed by atoms with van der Waals surface area (Å²) in [7, 11) is 0. The Labute approximate surface area is 163 Å². The van der Waals surface area contributed by atoms with E-state index in [0.29, 0.717) is 0 Å². The minimum absolute atomic E-state index is 0.101. The average molecular weight is 380 g/mol. The first-order valence-corrected chi connectivity index (χ1v) is 9.47. The van der Waals surface area contributed by atoms with E-state index in [4.69, 9.17) is 5.73 Å². The van der Waals surface area contributed by atoms with E-state index in [9.17, 15) is 8.78 Å². The Morgan fingerprint density at radius 2 is 1.89 bits per heavy atom.